The van der Waals surface area contributed by atoms with E-state index in [1.54, 1.807) is 7.11 Å². The van der Waals surface area contributed by atoms with Crippen LogP contribution in [-0.2, 0) is 6.42 Å². The van der Waals surface area contributed by atoms with Crippen molar-refractivity contribution < 1.29 is 4.74 Å². The molecule has 0 saturated carbocycles. The average Bonchev–Trinajstić information content (AvgIpc) is 2.38. The Bertz CT molecular complexity index is 302. The van der Waals surface area contributed by atoms with Crippen LogP contribution in [0.25, 0.3) is 0 Å². The Hall–Kier alpha value is -1.06. The summed E-state index contributed by atoms with van der Waals surface area (Å²) in [4.78, 5) is 0. The standard InChI is InChI=1S/C14H24N2O/c1-15-9-3-4-10-16-11-8-13-6-5-7-14(12-13)17-2/h5-7,12,15-16H,3-4,8-11H2,1-2H3. The maximum atomic E-state index is 5.20. The smallest absolute Gasteiger partial charge is 0.119 e. The molecule has 0 aromatic heterocycles. The molecule has 0 aliphatic heterocycles. The highest BCUT2D eigenvalue weighted by molar-refractivity contribution is 5.28. The van der Waals surface area contributed by atoms with Crippen molar-refractivity contribution in [3.8, 4) is 5.75 Å². The van der Waals surface area contributed by atoms with Crippen molar-refractivity contribution in [1.82, 2.24) is 10.6 Å². The van der Waals surface area contributed by atoms with Gasteiger partial charge in [0.15, 0.2) is 0 Å². The van der Waals surface area contributed by atoms with E-state index in [1.165, 1.54) is 18.4 Å². The van der Waals surface area contributed by atoms with Gasteiger partial charge in [0, 0.05) is 0 Å². The van der Waals surface area contributed by atoms with Gasteiger partial charge in [0.2, 0.25) is 0 Å². The quantitative estimate of drug-likeness (QED) is 0.642. The molecule has 0 spiro atoms. The first-order valence-electron chi connectivity index (χ1n) is 6.35. The first-order valence-corrected chi connectivity index (χ1v) is 6.35. The third-order valence-corrected chi connectivity index (χ3v) is 2.75. The van der Waals surface area contributed by atoms with Crippen LogP contribution in [0.4, 0.5) is 0 Å². The Balaban J connectivity index is 2.09. The zero-order valence-electron chi connectivity index (χ0n) is 11.0. The number of nitrogens with one attached hydrogen (secondary N) is 2. The van der Waals surface area contributed by atoms with E-state index in [0.717, 1.165) is 31.8 Å². The Morgan fingerprint density at radius 3 is 2.71 bits per heavy atom. The van der Waals surface area contributed by atoms with Gasteiger partial charge >= 0.3 is 0 Å². The van der Waals surface area contributed by atoms with E-state index in [2.05, 4.69) is 22.8 Å². The van der Waals surface area contributed by atoms with Crippen molar-refractivity contribution in [1.29, 1.82) is 0 Å². The number of ether oxygens (including phenoxy) is 1. The van der Waals surface area contributed by atoms with Gasteiger partial charge in [-0.3, -0.25) is 0 Å². The van der Waals surface area contributed by atoms with Gasteiger partial charge in [0.25, 0.3) is 0 Å². The van der Waals surface area contributed by atoms with Crippen LogP contribution < -0.4 is 15.4 Å². The molecular formula is C14H24N2O. The molecule has 0 radical (unpaired) electrons. The van der Waals surface area contributed by atoms with Crippen molar-refractivity contribution in [2.75, 3.05) is 33.8 Å². The van der Waals surface area contributed by atoms with Gasteiger partial charge < -0.3 is 15.4 Å². The van der Waals surface area contributed by atoms with Gasteiger partial charge in [-0.1, -0.05) is 12.1 Å². The minimum atomic E-state index is 0.941. The van der Waals surface area contributed by atoms with Gasteiger partial charge in [0.1, 0.15) is 5.75 Å². The fourth-order valence-electron chi connectivity index (χ4n) is 1.74. The second-order valence-corrected chi connectivity index (χ2v) is 4.16. The number of rotatable bonds is 9. The Kier molecular flexibility index (Phi) is 7.43. The first-order chi connectivity index (χ1) is 8.36. The van der Waals surface area contributed by atoms with E-state index < -0.39 is 0 Å². The summed E-state index contributed by atoms with van der Waals surface area (Å²) >= 11 is 0. The molecule has 0 aliphatic carbocycles. The lowest BCUT2D eigenvalue weighted by Crippen LogP contribution is -2.19. The molecule has 1 aromatic carbocycles. The summed E-state index contributed by atoms with van der Waals surface area (Å²) in [5.74, 6) is 0.941. The zero-order valence-corrected chi connectivity index (χ0v) is 11.0. The van der Waals surface area contributed by atoms with E-state index in [4.69, 9.17) is 4.74 Å². The minimum Gasteiger partial charge on any atom is -0.497 e. The van der Waals surface area contributed by atoms with Crippen LogP contribution in [0.15, 0.2) is 24.3 Å². The number of benzene rings is 1. The Morgan fingerprint density at radius 2 is 1.94 bits per heavy atom. The molecular weight excluding hydrogens is 212 g/mol. The molecule has 0 bridgehead atoms. The maximum absolute atomic E-state index is 5.20. The summed E-state index contributed by atoms with van der Waals surface area (Å²) in [6.07, 6.45) is 3.53. The lowest BCUT2D eigenvalue weighted by Gasteiger charge is -2.06. The lowest BCUT2D eigenvalue weighted by molar-refractivity contribution is 0.414. The van der Waals surface area contributed by atoms with E-state index in [9.17, 15) is 0 Å². The van der Waals surface area contributed by atoms with Crippen LogP contribution in [0.5, 0.6) is 5.75 Å². The zero-order chi connectivity index (χ0) is 12.3. The van der Waals surface area contributed by atoms with Crippen LogP contribution in [0.3, 0.4) is 0 Å². The van der Waals surface area contributed by atoms with Gasteiger partial charge in [-0.05, 0) is 63.6 Å². The number of hydrogen-bond donors (Lipinski definition) is 2. The van der Waals surface area contributed by atoms with E-state index in [-0.39, 0.29) is 0 Å². The predicted molar refractivity (Wildman–Crippen MR) is 72.7 cm³/mol. The largest absolute Gasteiger partial charge is 0.497 e. The third-order valence-electron chi connectivity index (χ3n) is 2.75. The molecule has 2 N–H and O–H groups in total. The second kappa shape index (κ2) is 9.02. The lowest BCUT2D eigenvalue weighted by atomic mass is 10.1. The van der Waals surface area contributed by atoms with Gasteiger partial charge in [-0.25, -0.2) is 0 Å². The van der Waals surface area contributed by atoms with Crippen molar-refractivity contribution in [2.24, 2.45) is 0 Å². The molecule has 3 nitrogen and oxygen atoms in total. The monoisotopic (exact) mass is 236 g/mol. The van der Waals surface area contributed by atoms with Gasteiger partial charge in [0.05, 0.1) is 7.11 Å². The highest BCUT2D eigenvalue weighted by atomic mass is 16.5. The molecule has 0 amide bonds. The molecule has 96 valence electrons. The van der Waals surface area contributed by atoms with Crippen molar-refractivity contribution in [3.05, 3.63) is 29.8 Å². The fraction of sp³-hybridized carbons (Fsp3) is 0.571. The third kappa shape index (κ3) is 6.29. The summed E-state index contributed by atoms with van der Waals surface area (Å²) in [5.41, 5.74) is 1.33. The molecule has 0 atom stereocenters. The number of methoxy groups -OCH3 is 1. The Morgan fingerprint density at radius 1 is 1.12 bits per heavy atom. The van der Waals surface area contributed by atoms with Crippen LogP contribution in [0, 0.1) is 0 Å². The van der Waals surface area contributed by atoms with Crippen LogP contribution in [0.1, 0.15) is 18.4 Å². The maximum Gasteiger partial charge on any atom is 0.119 e. The molecule has 0 heterocycles. The topological polar surface area (TPSA) is 33.3 Å². The number of hydrogen-bond acceptors (Lipinski definition) is 3. The summed E-state index contributed by atoms with van der Waals surface area (Å²) in [6, 6.07) is 8.27. The molecule has 0 aliphatic rings. The number of unbranched alkanes of at least 4 members (excludes halogenated alkanes) is 1. The van der Waals surface area contributed by atoms with E-state index in [0.29, 0.717) is 0 Å². The van der Waals surface area contributed by atoms with Crippen LogP contribution in [-0.4, -0.2) is 33.8 Å². The highest BCUT2D eigenvalue weighted by Crippen LogP contribution is 2.12. The van der Waals surface area contributed by atoms with Gasteiger partial charge in [-0.2, -0.15) is 0 Å². The molecule has 17 heavy (non-hydrogen) atoms. The molecule has 0 unspecified atom stereocenters. The molecule has 1 aromatic rings. The van der Waals surface area contributed by atoms with Gasteiger partial charge in [-0.15, -0.1) is 0 Å². The highest BCUT2D eigenvalue weighted by Gasteiger charge is 1.95. The van der Waals surface area contributed by atoms with E-state index in [1.807, 2.05) is 19.2 Å². The summed E-state index contributed by atoms with van der Waals surface area (Å²) < 4.78 is 5.20. The fourth-order valence-corrected chi connectivity index (χ4v) is 1.74. The first kappa shape index (κ1) is 14.0. The summed E-state index contributed by atoms with van der Waals surface area (Å²) in [6.45, 7) is 3.25. The van der Waals surface area contributed by atoms with Crippen molar-refractivity contribution in [3.63, 3.8) is 0 Å². The SMILES string of the molecule is CNCCCCNCCc1cccc(OC)c1. The van der Waals surface area contributed by atoms with Crippen LogP contribution >= 0.6 is 0 Å². The molecule has 3 heteroatoms. The molecule has 1 rings (SSSR count). The van der Waals surface area contributed by atoms with Crippen LogP contribution in [0.2, 0.25) is 0 Å². The summed E-state index contributed by atoms with van der Waals surface area (Å²) in [5, 5.41) is 6.62. The normalized spacial score (nSPS) is 10.5. The van der Waals surface area contributed by atoms with Crippen molar-refractivity contribution >= 4 is 0 Å². The molecule has 0 saturated heterocycles. The van der Waals surface area contributed by atoms with E-state index >= 15 is 0 Å². The minimum absolute atomic E-state index is 0.941. The second-order valence-electron chi connectivity index (χ2n) is 4.16. The predicted octanol–water partition coefficient (Wildman–Crippen LogP) is 1.83. The van der Waals surface area contributed by atoms with Crippen molar-refractivity contribution in [2.45, 2.75) is 19.3 Å². The summed E-state index contributed by atoms with van der Waals surface area (Å²) in [7, 11) is 3.70. The molecule has 0 fully saturated rings. The average molecular weight is 236 g/mol. The Labute approximate surface area is 105 Å².